The van der Waals surface area contributed by atoms with Gasteiger partial charge in [0, 0.05) is 16.8 Å². The van der Waals surface area contributed by atoms with E-state index in [4.69, 9.17) is 11.6 Å². The van der Waals surface area contributed by atoms with Crippen LogP contribution in [0, 0.1) is 13.8 Å². The number of hydrogen-bond acceptors (Lipinski definition) is 6. The van der Waals surface area contributed by atoms with E-state index in [1.165, 1.54) is 0 Å². The van der Waals surface area contributed by atoms with Gasteiger partial charge in [-0.1, -0.05) is 41.9 Å². The van der Waals surface area contributed by atoms with Gasteiger partial charge in [-0.2, -0.15) is 0 Å². The van der Waals surface area contributed by atoms with Crippen LogP contribution in [0.25, 0.3) is 10.9 Å². The van der Waals surface area contributed by atoms with E-state index in [1.54, 1.807) is 0 Å². The van der Waals surface area contributed by atoms with Crippen molar-refractivity contribution in [3.8, 4) is 0 Å². The first-order chi connectivity index (χ1) is 15.0. The van der Waals surface area contributed by atoms with E-state index in [0.29, 0.717) is 41.0 Å². The number of nitrogens with zero attached hydrogens (tertiary/aromatic N) is 4. The van der Waals surface area contributed by atoms with E-state index in [9.17, 15) is 4.79 Å². The number of aryl methyl sites for hydroxylation is 2. The highest BCUT2D eigenvalue weighted by Crippen LogP contribution is 2.34. The number of hydrogen-bond donors (Lipinski definition) is 1. The van der Waals surface area contributed by atoms with Crippen molar-refractivity contribution in [3.63, 3.8) is 0 Å². The van der Waals surface area contributed by atoms with Gasteiger partial charge < -0.3 is 0 Å². The number of fused-ring (bicyclic) bond motifs is 2. The van der Waals surface area contributed by atoms with Crippen molar-refractivity contribution in [2.45, 2.75) is 32.6 Å². The molecule has 0 spiro atoms. The fraction of sp³-hybridized carbons (Fsp3) is 0.208. The van der Waals surface area contributed by atoms with Crippen molar-refractivity contribution in [2.24, 2.45) is 0 Å². The molecule has 1 N–H and O–H groups in total. The van der Waals surface area contributed by atoms with E-state index in [-0.39, 0.29) is 11.7 Å². The van der Waals surface area contributed by atoms with Crippen molar-refractivity contribution >= 4 is 40.2 Å². The number of rotatable bonds is 3. The maximum atomic E-state index is 12.9. The molecule has 0 unspecified atom stereocenters. The Morgan fingerprint density at radius 2 is 1.68 bits per heavy atom. The zero-order valence-corrected chi connectivity index (χ0v) is 17.9. The Labute approximate surface area is 184 Å². The number of ketones is 1. The largest absolute Gasteiger partial charge is 0.294 e. The molecular weight excluding hydrogens is 410 g/mol. The topological polar surface area (TPSA) is 80.7 Å². The SMILES string of the molecule is Cc1nc(Nc2nc(C)c3ccccc3n2)nc2c1C(=O)C[C@@H](c1cccc(Cl)c1)C2. The highest BCUT2D eigenvalue weighted by Gasteiger charge is 2.30. The van der Waals surface area contributed by atoms with E-state index in [2.05, 4.69) is 25.3 Å². The van der Waals surface area contributed by atoms with Gasteiger partial charge in [-0.15, -0.1) is 0 Å². The lowest BCUT2D eigenvalue weighted by Gasteiger charge is -2.24. The standard InChI is InChI=1S/C24H20ClN5O/c1-13-18-8-3-4-9-19(18)28-23(26-13)30-24-27-14(2)22-20(29-24)11-16(12-21(22)31)15-6-5-7-17(25)10-15/h3-10,16H,11-12H2,1-2H3,(H,26,27,28,29,30)/t16-/m0/s1. The second-order valence-corrected chi connectivity index (χ2v) is 8.25. The Kier molecular flexibility index (Phi) is 4.87. The smallest absolute Gasteiger partial charge is 0.230 e. The van der Waals surface area contributed by atoms with Gasteiger partial charge in [0.1, 0.15) is 0 Å². The Hall–Kier alpha value is -3.38. The number of carbonyl (C=O) groups excluding carboxylic acids is 1. The molecule has 0 amide bonds. The molecule has 2 heterocycles. The predicted molar refractivity (Wildman–Crippen MR) is 121 cm³/mol. The average molecular weight is 430 g/mol. The third kappa shape index (κ3) is 3.75. The number of benzene rings is 2. The molecule has 7 heteroatoms. The molecule has 2 aromatic carbocycles. The van der Waals surface area contributed by atoms with Crippen LogP contribution in [0.3, 0.4) is 0 Å². The van der Waals surface area contributed by atoms with Crippen molar-refractivity contribution in [2.75, 3.05) is 5.32 Å². The Morgan fingerprint density at radius 1 is 0.903 bits per heavy atom. The molecule has 31 heavy (non-hydrogen) atoms. The Bertz CT molecular complexity index is 1340. The molecule has 4 aromatic rings. The third-order valence-electron chi connectivity index (χ3n) is 5.65. The van der Waals surface area contributed by atoms with Crippen LogP contribution in [0.4, 0.5) is 11.9 Å². The zero-order valence-electron chi connectivity index (χ0n) is 17.2. The van der Waals surface area contributed by atoms with E-state index in [0.717, 1.165) is 27.9 Å². The molecule has 0 bridgehead atoms. The Balaban J connectivity index is 1.50. The summed E-state index contributed by atoms with van der Waals surface area (Å²) < 4.78 is 0. The van der Waals surface area contributed by atoms with Crippen LogP contribution in [-0.4, -0.2) is 25.7 Å². The summed E-state index contributed by atoms with van der Waals surface area (Å²) in [6.45, 7) is 3.79. The minimum Gasteiger partial charge on any atom is -0.294 e. The first-order valence-electron chi connectivity index (χ1n) is 10.1. The summed E-state index contributed by atoms with van der Waals surface area (Å²) in [5, 5.41) is 4.80. The van der Waals surface area contributed by atoms with Crippen LogP contribution < -0.4 is 5.32 Å². The summed E-state index contributed by atoms with van der Waals surface area (Å²) in [7, 11) is 0. The van der Waals surface area contributed by atoms with Crippen molar-refractivity contribution < 1.29 is 4.79 Å². The number of aromatic nitrogens is 4. The molecule has 0 saturated carbocycles. The lowest BCUT2D eigenvalue weighted by atomic mass is 9.81. The van der Waals surface area contributed by atoms with Crippen LogP contribution in [0.1, 0.15) is 45.3 Å². The van der Waals surface area contributed by atoms with E-state index >= 15 is 0 Å². The summed E-state index contributed by atoms with van der Waals surface area (Å²) in [4.78, 5) is 31.2. The number of para-hydroxylation sites is 1. The zero-order chi connectivity index (χ0) is 21.5. The summed E-state index contributed by atoms with van der Waals surface area (Å²) in [6, 6.07) is 15.5. The fourth-order valence-corrected chi connectivity index (χ4v) is 4.42. The summed E-state index contributed by atoms with van der Waals surface area (Å²) in [5.41, 5.74) is 4.81. The number of halogens is 1. The highest BCUT2D eigenvalue weighted by atomic mass is 35.5. The number of Topliss-reactive ketones (excluding diaryl/α,β-unsaturated/α-hetero) is 1. The quantitative estimate of drug-likeness (QED) is 0.473. The molecule has 0 aliphatic heterocycles. The first kappa shape index (κ1) is 19.6. The average Bonchev–Trinajstić information content (AvgIpc) is 2.73. The maximum absolute atomic E-state index is 12.9. The van der Waals surface area contributed by atoms with Crippen LogP contribution in [0.5, 0.6) is 0 Å². The van der Waals surface area contributed by atoms with E-state index < -0.39 is 0 Å². The molecule has 6 nitrogen and oxygen atoms in total. The van der Waals surface area contributed by atoms with Gasteiger partial charge in [-0.05, 0) is 49.9 Å². The number of anilines is 2. The van der Waals surface area contributed by atoms with Gasteiger partial charge in [-0.3, -0.25) is 10.1 Å². The monoisotopic (exact) mass is 429 g/mol. The van der Waals surface area contributed by atoms with Crippen molar-refractivity contribution in [1.29, 1.82) is 0 Å². The second-order valence-electron chi connectivity index (χ2n) is 7.81. The highest BCUT2D eigenvalue weighted by molar-refractivity contribution is 6.30. The van der Waals surface area contributed by atoms with Gasteiger partial charge in [0.15, 0.2) is 5.78 Å². The molecule has 0 fully saturated rings. The fourth-order valence-electron chi connectivity index (χ4n) is 4.22. The van der Waals surface area contributed by atoms with Crippen molar-refractivity contribution in [1.82, 2.24) is 19.9 Å². The molecule has 1 atom stereocenters. The molecule has 0 saturated heterocycles. The van der Waals surface area contributed by atoms with Gasteiger partial charge in [0.25, 0.3) is 0 Å². The van der Waals surface area contributed by atoms with Crippen molar-refractivity contribution in [3.05, 3.63) is 81.8 Å². The second kappa shape index (κ2) is 7.71. The number of carbonyl (C=O) groups is 1. The third-order valence-corrected chi connectivity index (χ3v) is 5.89. The first-order valence-corrected chi connectivity index (χ1v) is 10.5. The normalized spacial score (nSPS) is 15.7. The Morgan fingerprint density at radius 3 is 2.52 bits per heavy atom. The van der Waals surface area contributed by atoms with Crippen LogP contribution >= 0.6 is 11.6 Å². The predicted octanol–water partition coefficient (Wildman–Crippen LogP) is 5.35. The summed E-state index contributed by atoms with van der Waals surface area (Å²) in [6.07, 6.45) is 1.08. The van der Waals surface area contributed by atoms with Crippen LogP contribution in [0.2, 0.25) is 5.02 Å². The molecule has 1 aliphatic carbocycles. The minimum atomic E-state index is 0.0417. The van der Waals surface area contributed by atoms with Gasteiger partial charge >= 0.3 is 0 Å². The number of nitrogens with one attached hydrogen (secondary N) is 1. The molecule has 0 radical (unpaired) electrons. The molecule has 1 aliphatic rings. The lowest BCUT2D eigenvalue weighted by Crippen LogP contribution is -2.23. The van der Waals surface area contributed by atoms with Gasteiger partial charge in [-0.25, -0.2) is 19.9 Å². The van der Waals surface area contributed by atoms with Crippen LogP contribution in [0.15, 0.2) is 48.5 Å². The maximum Gasteiger partial charge on any atom is 0.230 e. The lowest BCUT2D eigenvalue weighted by molar-refractivity contribution is 0.0962. The van der Waals surface area contributed by atoms with Gasteiger partial charge in [0.2, 0.25) is 11.9 Å². The summed E-state index contributed by atoms with van der Waals surface area (Å²) >= 11 is 6.16. The summed E-state index contributed by atoms with van der Waals surface area (Å²) in [5.74, 6) is 0.933. The molecule has 5 rings (SSSR count). The van der Waals surface area contributed by atoms with Gasteiger partial charge in [0.05, 0.1) is 28.2 Å². The van der Waals surface area contributed by atoms with Crippen LogP contribution in [-0.2, 0) is 6.42 Å². The molecular formula is C24H20ClN5O. The minimum absolute atomic E-state index is 0.0417. The molecule has 154 valence electrons. The van der Waals surface area contributed by atoms with E-state index in [1.807, 2.05) is 62.4 Å². The molecule has 2 aromatic heterocycles.